The summed E-state index contributed by atoms with van der Waals surface area (Å²) < 4.78 is 0. The van der Waals surface area contributed by atoms with Gasteiger partial charge in [0.15, 0.2) is 5.78 Å². The van der Waals surface area contributed by atoms with Crippen molar-refractivity contribution < 1.29 is 24.0 Å². The van der Waals surface area contributed by atoms with Crippen molar-refractivity contribution in [2.75, 3.05) is 9.80 Å². The molecule has 38 heavy (non-hydrogen) atoms. The van der Waals surface area contributed by atoms with E-state index in [9.17, 15) is 24.0 Å². The first-order chi connectivity index (χ1) is 18.4. The van der Waals surface area contributed by atoms with Crippen molar-refractivity contribution in [1.82, 2.24) is 0 Å². The highest BCUT2D eigenvalue weighted by Gasteiger charge is 2.60. The molecule has 2 saturated heterocycles. The Morgan fingerprint density at radius 2 is 0.895 bits per heavy atom. The molecule has 2 heterocycles. The van der Waals surface area contributed by atoms with Crippen molar-refractivity contribution in [3.8, 4) is 0 Å². The average molecular weight is 505 g/mol. The molecule has 188 valence electrons. The van der Waals surface area contributed by atoms with Crippen molar-refractivity contribution in [2.45, 2.75) is 12.8 Å². The number of allylic oxidation sites excluding steroid dienone is 4. The van der Waals surface area contributed by atoms with E-state index in [1.54, 1.807) is 48.5 Å². The van der Waals surface area contributed by atoms with Crippen LogP contribution >= 0.6 is 0 Å². The molecule has 7 heteroatoms. The molecule has 0 N–H and O–H groups in total. The number of rotatable bonds is 4. The molecule has 2 saturated carbocycles. The number of hydrogen-bond donors (Lipinski definition) is 0. The van der Waals surface area contributed by atoms with Crippen LogP contribution in [-0.2, 0) is 19.2 Å². The first kappa shape index (κ1) is 21.9. The molecule has 7 nitrogen and oxygen atoms in total. The zero-order chi connectivity index (χ0) is 25.9. The Kier molecular flexibility index (Phi) is 4.30. The Labute approximate surface area is 218 Å². The summed E-state index contributed by atoms with van der Waals surface area (Å²) in [5.41, 5.74) is 1.46. The zero-order valence-corrected chi connectivity index (χ0v) is 20.4. The van der Waals surface area contributed by atoms with Gasteiger partial charge < -0.3 is 0 Å². The summed E-state index contributed by atoms with van der Waals surface area (Å²) in [5, 5.41) is 0. The van der Waals surface area contributed by atoms with Gasteiger partial charge in [0, 0.05) is 11.1 Å². The number of carbonyl (C=O) groups excluding carboxylic acids is 5. The molecule has 4 amide bonds. The van der Waals surface area contributed by atoms with Gasteiger partial charge in [0.25, 0.3) is 0 Å². The summed E-state index contributed by atoms with van der Waals surface area (Å²) in [6.45, 7) is 0. The standard InChI is InChI=1S/C31H24N2O5/c34-27(19-3-1-5-21(13-19)32-28(35)23-15-7-8-16(11-15)24(23)29(32)36)20-4-2-6-22(14-20)33-30(37)25-17-9-10-18(12-17)26(25)31(33)38/h1-10,13-18,23-26H,11-12H2/t15-,16-,17-,18-,23-,24-,25-,26+/m0/s1. The van der Waals surface area contributed by atoms with Gasteiger partial charge in [0.05, 0.1) is 35.0 Å². The minimum absolute atomic E-state index is 0.112. The lowest BCUT2D eigenvalue weighted by atomic mass is 9.85. The van der Waals surface area contributed by atoms with Gasteiger partial charge in [-0.2, -0.15) is 0 Å². The van der Waals surface area contributed by atoms with E-state index in [4.69, 9.17) is 0 Å². The molecule has 4 fully saturated rings. The highest BCUT2D eigenvalue weighted by atomic mass is 16.2. The Morgan fingerprint density at radius 3 is 1.24 bits per heavy atom. The lowest BCUT2D eigenvalue weighted by Gasteiger charge is -2.19. The number of imide groups is 2. The largest absolute Gasteiger partial charge is 0.289 e. The second-order valence-electron chi connectivity index (χ2n) is 11.5. The number of fused-ring (bicyclic) bond motifs is 10. The van der Waals surface area contributed by atoms with Gasteiger partial charge in [-0.05, 0) is 60.8 Å². The van der Waals surface area contributed by atoms with Crippen LogP contribution in [0.5, 0.6) is 0 Å². The summed E-state index contributed by atoms with van der Waals surface area (Å²) in [6.07, 6.45) is 9.93. The molecule has 4 aliphatic carbocycles. The number of ketones is 1. The van der Waals surface area contributed by atoms with Crippen LogP contribution in [0.15, 0.2) is 72.8 Å². The number of anilines is 2. The third-order valence-corrected chi connectivity index (χ3v) is 9.67. The maximum absolute atomic E-state index is 13.5. The first-order valence-corrected chi connectivity index (χ1v) is 13.3. The molecule has 4 bridgehead atoms. The van der Waals surface area contributed by atoms with Gasteiger partial charge in [-0.15, -0.1) is 0 Å². The molecule has 2 aliphatic heterocycles. The van der Waals surface area contributed by atoms with Crippen molar-refractivity contribution in [2.24, 2.45) is 47.3 Å². The second-order valence-corrected chi connectivity index (χ2v) is 11.5. The summed E-state index contributed by atoms with van der Waals surface area (Å²) in [4.78, 5) is 69.0. The van der Waals surface area contributed by atoms with E-state index in [0.29, 0.717) is 22.5 Å². The van der Waals surface area contributed by atoms with Gasteiger partial charge in [-0.3, -0.25) is 24.0 Å². The molecular weight excluding hydrogens is 480 g/mol. The Balaban J connectivity index is 1.08. The maximum Gasteiger partial charge on any atom is 0.238 e. The summed E-state index contributed by atoms with van der Waals surface area (Å²) in [7, 11) is 0. The predicted molar refractivity (Wildman–Crippen MR) is 137 cm³/mol. The molecule has 6 aliphatic rings. The zero-order valence-electron chi connectivity index (χ0n) is 20.4. The third kappa shape index (κ3) is 2.71. The normalized spacial score (nSPS) is 35.7. The van der Waals surface area contributed by atoms with E-state index in [1.165, 1.54) is 9.80 Å². The van der Waals surface area contributed by atoms with Crippen LogP contribution in [0.25, 0.3) is 0 Å². The number of carbonyl (C=O) groups is 5. The van der Waals surface area contributed by atoms with Crippen LogP contribution < -0.4 is 9.80 Å². The highest BCUT2D eigenvalue weighted by molar-refractivity contribution is 6.24. The number of nitrogens with zero attached hydrogens (tertiary/aromatic N) is 2. The summed E-state index contributed by atoms with van der Waals surface area (Å²) >= 11 is 0. The van der Waals surface area contributed by atoms with Crippen LogP contribution in [-0.4, -0.2) is 29.4 Å². The van der Waals surface area contributed by atoms with E-state index in [0.717, 1.165) is 12.8 Å². The average Bonchev–Trinajstić information content (AvgIpc) is 3.77. The summed E-state index contributed by atoms with van der Waals surface area (Å²) in [6, 6.07) is 13.2. The van der Waals surface area contributed by atoms with Crippen LogP contribution in [0.2, 0.25) is 0 Å². The van der Waals surface area contributed by atoms with E-state index < -0.39 is 0 Å². The smallest absolute Gasteiger partial charge is 0.238 e. The van der Waals surface area contributed by atoms with Gasteiger partial charge in [0.1, 0.15) is 0 Å². The predicted octanol–water partition coefficient (Wildman–Crippen LogP) is 3.54. The summed E-state index contributed by atoms with van der Waals surface area (Å²) in [5.74, 6) is -1.87. The highest BCUT2D eigenvalue weighted by Crippen LogP contribution is 2.54. The first-order valence-electron chi connectivity index (χ1n) is 13.3. The minimum Gasteiger partial charge on any atom is -0.289 e. The van der Waals surface area contributed by atoms with Gasteiger partial charge in [-0.1, -0.05) is 48.6 Å². The molecule has 0 spiro atoms. The monoisotopic (exact) mass is 504 g/mol. The van der Waals surface area contributed by atoms with Crippen molar-refractivity contribution in [1.29, 1.82) is 0 Å². The van der Waals surface area contributed by atoms with Crippen LogP contribution in [0.4, 0.5) is 11.4 Å². The van der Waals surface area contributed by atoms with Crippen LogP contribution in [0.3, 0.4) is 0 Å². The van der Waals surface area contributed by atoms with Crippen molar-refractivity contribution >= 4 is 40.8 Å². The fraction of sp³-hybridized carbons (Fsp3) is 0.323. The fourth-order valence-electron chi connectivity index (χ4n) is 8.05. The van der Waals surface area contributed by atoms with Crippen molar-refractivity contribution in [3.05, 3.63) is 84.0 Å². The quantitative estimate of drug-likeness (QED) is 0.361. The van der Waals surface area contributed by atoms with Gasteiger partial charge in [0.2, 0.25) is 23.6 Å². The Hall–Kier alpha value is -4.13. The van der Waals surface area contributed by atoms with Gasteiger partial charge in [-0.25, -0.2) is 9.80 Å². The fourth-order valence-corrected chi connectivity index (χ4v) is 8.05. The minimum atomic E-state index is -0.311. The van der Waals surface area contributed by atoms with E-state index in [2.05, 4.69) is 24.3 Å². The third-order valence-electron chi connectivity index (χ3n) is 9.67. The molecule has 8 rings (SSSR count). The van der Waals surface area contributed by atoms with Gasteiger partial charge >= 0.3 is 0 Å². The molecule has 0 unspecified atom stereocenters. The Bertz CT molecular complexity index is 1380. The van der Waals surface area contributed by atoms with Crippen molar-refractivity contribution in [3.63, 3.8) is 0 Å². The second kappa shape index (κ2) is 7.47. The van der Waals surface area contributed by atoms with E-state index >= 15 is 0 Å². The number of hydrogen-bond acceptors (Lipinski definition) is 5. The SMILES string of the molecule is O=C(c1cccc(N2C(=O)[C@@H]3[C@@H](C2=O)[C@H]2C=C[C@H]3C2)c1)c1cccc(N2C(=O)[C@@H]3[C@H](C2=O)[C@H]2C=C[C@H]3C2)c1. The molecule has 0 aromatic heterocycles. The topological polar surface area (TPSA) is 91.8 Å². The molecular formula is C31H24N2O5. The van der Waals surface area contributed by atoms with E-state index in [1.807, 2.05) is 0 Å². The molecule has 2 aromatic rings. The van der Waals surface area contributed by atoms with Crippen LogP contribution in [0, 0.1) is 47.3 Å². The van der Waals surface area contributed by atoms with Crippen LogP contribution in [0.1, 0.15) is 28.8 Å². The number of benzene rings is 2. The lowest BCUT2D eigenvalue weighted by molar-refractivity contribution is -0.124. The number of amides is 4. The molecule has 0 radical (unpaired) electrons. The Morgan fingerprint density at radius 1 is 0.553 bits per heavy atom. The molecule has 8 atom stereocenters. The molecule has 2 aromatic carbocycles. The van der Waals surface area contributed by atoms with E-state index in [-0.39, 0.29) is 76.8 Å². The maximum atomic E-state index is 13.5. The lowest BCUT2D eigenvalue weighted by Crippen LogP contribution is -2.33.